The molecule has 5 heteroatoms. The van der Waals surface area contributed by atoms with E-state index in [2.05, 4.69) is 10.1 Å². The van der Waals surface area contributed by atoms with Crippen LogP contribution in [0.15, 0.2) is 29.3 Å². The largest absolute Gasteiger partial charge is 0.466 e. The summed E-state index contributed by atoms with van der Waals surface area (Å²) in [7, 11) is 1.28. The van der Waals surface area contributed by atoms with E-state index in [9.17, 15) is 9.59 Å². The quantitative estimate of drug-likeness (QED) is 0.627. The number of carbonyl (C=O) groups is 2. The van der Waals surface area contributed by atoms with Crippen molar-refractivity contribution >= 4 is 23.2 Å². The highest BCUT2D eigenvalue weighted by Gasteiger charge is 2.06. The van der Waals surface area contributed by atoms with Gasteiger partial charge in [-0.3, -0.25) is 4.79 Å². The molecular formula is C10H11NO3S. The summed E-state index contributed by atoms with van der Waals surface area (Å²) in [5.74, 6) is -0.707. The standard InChI is InChI=1S/C10H11NO3S/c1-7(6-9(12)14-2)11-10(13)8-4-3-5-15-8/h3-6H,1-2H3,(H,11,13). The van der Waals surface area contributed by atoms with Gasteiger partial charge in [0.15, 0.2) is 0 Å². The molecule has 1 aromatic heterocycles. The number of thiophene rings is 1. The summed E-state index contributed by atoms with van der Waals surface area (Å²) < 4.78 is 4.43. The normalized spacial score (nSPS) is 10.9. The summed E-state index contributed by atoms with van der Waals surface area (Å²) in [6, 6.07) is 3.50. The molecule has 0 aromatic carbocycles. The molecular weight excluding hydrogens is 214 g/mol. The van der Waals surface area contributed by atoms with Crippen LogP contribution in [0.4, 0.5) is 0 Å². The first-order chi connectivity index (χ1) is 7.13. The fraction of sp³-hybridized carbons (Fsp3) is 0.200. The van der Waals surface area contributed by atoms with Crippen LogP contribution in [0.2, 0.25) is 0 Å². The summed E-state index contributed by atoms with van der Waals surface area (Å²) >= 11 is 1.34. The number of ether oxygens (including phenoxy) is 1. The monoisotopic (exact) mass is 225 g/mol. The van der Waals surface area contributed by atoms with Gasteiger partial charge >= 0.3 is 5.97 Å². The second kappa shape index (κ2) is 5.31. The number of hydrogen-bond donors (Lipinski definition) is 1. The first-order valence-corrected chi connectivity index (χ1v) is 5.12. The van der Waals surface area contributed by atoms with Crippen LogP contribution < -0.4 is 5.32 Å². The molecule has 15 heavy (non-hydrogen) atoms. The molecule has 0 atom stereocenters. The zero-order valence-electron chi connectivity index (χ0n) is 8.44. The summed E-state index contributed by atoms with van der Waals surface area (Å²) in [5, 5.41) is 4.39. The van der Waals surface area contributed by atoms with Crippen LogP contribution in [-0.2, 0) is 9.53 Å². The lowest BCUT2D eigenvalue weighted by Gasteiger charge is -2.02. The fourth-order valence-electron chi connectivity index (χ4n) is 0.920. The van der Waals surface area contributed by atoms with Gasteiger partial charge in [-0.2, -0.15) is 0 Å². The van der Waals surface area contributed by atoms with Gasteiger partial charge in [-0.15, -0.1) is 11.3 Å². The van der Waals surface area contributed by atoms with Gasteiger partial charge in [0.2, 0.25) is 0 Å². The van der Waals surface area contributed by atoms with Crippen molar-refractivity contribution in [2.24, 2.45) is 0 Å². The zero-order valence-corrected chi connectivity index (χ0v) is 9.26. The lowest BCUT2D eigenvalue weighted by atomic mass is 10.4. The zero-order chi connectivity index (χ0) is 11.3. The van der Waals surface area contributed by atoms with Crippen molar-refractivity contribution in [2.45, 2.75) is 6.92 Å². The van der Waals surface area contributed by atoms with Gasteiger partial charge in [0.05, 0.1) is 12.0 Å². The maximum atomic E-state index is 11.5. The van der Waals surface area contributed by atoms with Crippen LogP contribution in [0.25, 0.3) is 0 Å². The molecule has 0 aliphatic carbocycles. The summed E-state index contributed by atoms with van der Waals surface area (Å²) in [6.07, 6.45) is 1.23. The fourth-order valence-corrected chi connectivity index (χ4v) is 1.54. The van der Waals surface area contributed by atoms with Crippen molar-refractivity contribution in [1.29, 1.82) is 0 Å². The second-order valence-corrected chi connectivity index (χ2v) is 3.73. The van der Waals surface area contributed by atoms with Crippen LogP contribution in [0, 0.1) is 0 Å². The van der Waals surface area contributed by atoms with E-state index in [0.717, 1.165) is 0 Å². The molecule has 80 valence electrons. The average Bonchev–Trinajstić information content (AvgIpc) is 2.70. The summed E-state index contributed by atoms with van der Waals surface area (Å²) in [4.78, 5) is 22.9. The van der Waals surface area contributed by atoms with Crippen molar-refractivity contribution in [2.75, 3.05) is 7.11 Å². The lowest BCUT2D eigenvalue weighted by molar-refractivity contribution is -0.134. The highest BCUT2D eigenvalue weighted by atomic mass is 32.1. The average molecular weight is 225 g/mol. The predicted molar refractivity (Wildman–Crippen MR) is 57.6 cm³/mol. The molecule has 0 fully saturated rings. The van der Waals surface area contributed by atoms with Crippen LogP contribution in [0.5, 0.6) is 0 Å². The Kier molecular flexibility index (Phi) is 4.05. The first kappa shape index (κ1) is 11.5. The highest BCUT2D eigenvalue weighted by molar-refractivity contribution is 7.12. The summed E-state index contributed by atoms with van der Waals surface area (Å²) in [6.45, 7) is 1.63. The van der Waals surface area contributed by atoms with Crippen LogP contribution in [0.1, 0.15) is 16.6 Å². The molecule has 1 rings (SSSR count). The van der Waals surface area contributed by atoms with Crippen LogP contribution in [-0.4, -0.2) is 19.0 Å². The third-order valence-corrected chi connectivity index (χ3v) is 2.46. The van der Waals surface area contributed by atoms with E-state index in [0.29, 0.717) is 10.6 Å². The Morgan fingerprint density at radius 1 is 1.53 bits per heavy atom. The number of hydrogen-bond acceptors (Lipinski definition) is 4. The van der Waals surface area contributed by atoms with Crippen molar-refractivity contribution < 1.29 is 14.3 Å². The molecule has 0 saturated carbocycles. The molecule has 0 aliphatic rings. The summed E-state index contributed by atoms with van der Waals surface area (Å²) in [5.41, 5.74) is 0.459. The van der Waals surface area contributed by atoms with Crippen LogP contribution >= 0.6 is 11.3 Å². The van der Waals surface area contributed by atoms with Gasteiger partial charge in [0.25, 0.3) is 5.91 Å². The number of rotatable bonds is 3. The second-order valence-electron chi connectivity index (χ2n) is 2.78. The highest BCUT2D eigenvalue weighted by Crippen LogP contribution is 2.08. The minimum absolute atomic E-state index is 0.220. The molecule has 1 aromatic rings. The van der Waals surface area contributed by atoms with Gasteiger partial charge < -0.3 is 10.1 Å². The SMILES string of the molecule is COC(=O)C=C(C)NC(=O)c1cccs1. The number of esters is 1. The lowest BCUT2D eigenvalue weighted by Crippen LogP contribution is -2.21. The molecule has 1 N–H and O–H groups in total. The molecule has 0 radical (unpaired) electrons. The molecule has 1 heterocycles. The minimum Gasteiger partial charge on any atom is -0.466 e. The Morgan fingerprint density at radius 2 is 2.27 bits per heavy atom. The Morgan fingerprint density at radius 3 is 2.80 bits per heavy atom. The smallest absolute Gasteiger partial charge is 0.332 e. The van der Waals surface area contributed by atoms with Crippen molar-refractivity contribution in [3.63, 3.8) is 0 Å². The third kappa shape index (κ3) is 3.55. The van der Waals surface area contributed by atoms with Crippen molar-refractivity contribution in [1.82, 2.24) is 5.32 Å². The van der Waals surface area contributed by atoms with Gasteiger partial charge in [-0.05, 0) is 18.4 Å². The van der Waals surface area contributed by atoms with E-state index in [1.54, 1.807) is 19.1 Å². The minimum atomic E-state index is -0.487. The maximum absolute atomic E-state index is 11.5. The van der Waals surface area contributed by atoms with Crippen LogP contribution in [0.3, 0.4) is 0 Å². The maximum Gasteiger partial charge on any atom is 0.332 e. The Bertz CT molecular complexity index is 381. The molecule has 1 amide bonds. The third-order valence-electron chi connectivity index (χ3n) is 1.59. The molecule has 0 bridgehead atoms. The van der Waals surface area contributed by atoms with E-state index in [-0.39, 0.29) is 5.91 Å². The molecule has 0 saturated heterocycles. The number of carbonyl (C=O) groups excluding carboxylic acids is 2. The van der Waals surface area contributed by atoms with E-state index in [1.807, 2.05) is 5.38 Å². The Hall–Kier alpha value is -1.62. The van der Waals surface area contributed by atoms with Gasteiger partial charge in [-0.1, -0.05) is 6.07 Å². The van der Waals surface area contributed by atoms with Crippen molar-refractivity contribution in [3.8, 4) is 0 Å². The molecule has 0 aliphatic heterocycles. The molecule has 4 nitrogen and oxygen atoms in total. The van der Waals surface area contributed by atoms with E-state index >= 15 is 0 Å². The van der Waals surface area contributed by atoms with Gasteiger partial charge in [0.1, 0.15) is 0 Å². The molecule has 0 spiro atoms. The van der Waals surface area contributed by atoms with Gasteiger partial charge in [0, 0.05) is 11.8 Å². The van der Waals surface area contributed by atoms with E-state index in [4.69, 9.17) is 0 Å². The number of allylic oxidation sites excluding steroid dienone is 1. The predicted octanol–water partition coefficient (Wildman–Crippen LogP) is 1.55. The molecule has 0 unspecified atom stereocenters. The number of amides is 1. The topological polar surface area (TPSA) is 55.4 Å². The number of methoxy groups -OCH3 is 1. The first-order valence-electron chi connectivity index (χ1n) is 4.24. The van der Waals surface area contributed by atoms with E-state index < -0.39 is 5.97 Å². The Balaban J connectivity index is 2.59. The Labute approximate surface area is 91.6 Å². The number of nitrogens with one attached hydrogen (secondary N) is 1. The van der Waals surface area contributed by atoms with Crippen molar-refractivity contribution in [3.05, 3.63) is 34.2 Å². The van der Waals surface area contributed by atoms with E-state index in [1.165, 1.54) is 24.5 Å². The van der Waals surface area contributed by atoms with Gasteiger partial charge in [-0.25, -0.2) is 4.79 Å².